The van der Waals surface area contributed by atoms with Crippen molar-refractivity contribution in [3.05, 3.63) is 48.2 Å². The van der Waals surface area contributed by atoms with Crippen molar-refractivity contribution in [2.24, 2.45) is 0 Å². The molecule has 0 saturated carbocycles. The molecule has 0 amide bonds. The number of methoxy groups -OCH3 is 1. The molecule has 1 fully saturated rings. The summed E-state index contributed by atoms with van der Waals surface area (Å²) in [6.45, 7) is 4.92. The molecule has 148 valence electrons. The van der Waals surface area contributed by atoms with Gasteiger partial charge in [-0.2, -0.15) is 4.37 Å². The summed E-state index contributed by atoms with van der Waals surface area (Å²) < 4.78 is 17.8. The molecule has 1 saturated heterocycles. The lowest BCUT2D eigenvalue weighted by atomic mass is 9.91. The fourth-order valence-electron chi connectivity index (χ4n) is 3.99. The van der Waals surface area contributed by atoms with Crippen molar-refractivity contribution in [1.29, 1.82) is 0 Å². The molecule has 0 atom stereocenters. The Bertz CT molecular complexity index is 916. The van der Waals surface area contributed by atoms with Gasteiger partial charge >= 0.3 is 0 Å². The van der Waals surface area contributed by atoms with E-state index >= 15 is 0 Å². The Kier molecular flexibility index (Phi) is 6.01. The Morgan fingerprint density at radius 3 is 2.71 bits per heavy atom. The molecule has 4 rings (SSSR count). The van der Waals surface area contributed by atoms with E-state index in [1.54, 1.807) is 18.6 Å². The first-order chi connectivity index (χ1) is 13.8. The third-order valence-electron chi connectivity index (χ3n) is 5.55. The van der Waals surface area contributed by atoms with Crippen LogP contribution in [0.1, 0.15) is 44.2 Å². The SMILES string of the molecule is CCCCOc1cccc(N2CCC(c3nsc4ccccc34)CC2)c1OC. The molecular weight excluding hydrogens is 368 g/mol. The summed E-state index contributed by atoms with van der Waals surface area (Å²) in [4.78, 5) is 2.43. The van der Waals surface area contributed by atoms with Crippen LogP contribution in [-0.2, 0) is 0 Å². The van der Waals surface area contributed by atoms with Gasteiger partial charge in [-0.25, -0.2) is 0 Å². The van der Waals surface area contributed by atoms with Crippen LogP contribution in [-0.4, -0.2) is 31.2 Å². The van der Waals surface area contributed by atoms with Gasteiger partial charge in [0, 0.05) is 24.4 Å². The number of unbranched alkanes of at least 4 members (excludes halogenated alkanes) is 1. The van der Waals surface area contributed by atoms with Crippen LogP contribution >= 0.6 is 11.5 Å². The second-order valence-electron chi connectivity index (χ2n) is 7.34. The molecule has 1 aliphatic rings. The van der Waals surface area contributed by atoms with Gasteiger partial charge in [0.25, 0.3) is 0 Å². The maximum atomic E-state index is 5.97. The number of hydrogen-bond acceptors (Lipinski definition) is 5. The van der Waals surface area contributed by atoms with E-state index in [1.165, 1.54) is 15.8 Å². The summed E-state index contributed by atoms with van der Waals surface area (Å²) in [7, 11) is 1.74. The Hall–Kier alpha value is -2.27. The standard InChI is InChI=1S/C23H28N2O2S/c1-3-4-16-27-20-10-7-9-19(23(20)26-2)25-14-12-17(13-15-25)22-18-8-5-6-11-21(18)28-24-22/h5-11,17H,3-4,12-16H2,1-2H3. The van der Waals surface area contributed by atoms with E-state index < -0.39 is 0 Å². The summed E-state index contributed by atoms with van der Waals surface area (Å²) in [5, 5.41) is 1.33. The minimum absolute atomic E-state index is 0.530. The number of anilines is 1. The number of aromatic nitrogens is 1. The van der Waals surface area contributed by atoms with Crippen LogP contribution in [0, 0.1) is 0 Å². The van der Waals surface area contributed by atoms with E-state index in [2.05, 4.69) is 48.2 Å². The van der Waals surface area contributed by atoms with Crippen molar-refractivity contribution in [2.45, 2.75) is 38.5 Å². The molecule has 5 heteroatoms. The average molecular weight is 397 g/mol. The molecule has 0 N–H and O–H groups in total. The monoisotopic (exact) mass is 396 g/mol. The first kappa shape index (κ1) is 19.1. The number of rotatable bonds is 7. The van der Waals surface area contributed by atoms with Gasteiger partial charge in [-0.3, -0.25) is 0 Å². The second kappa shape index (κ2) is 8.82. The molecule has 3 aromatic rings. The Morgan fingerprint density at radius 1 is 1.11 bits per heavy atom. The molecule has 1 aliphatic heterocycles. The van der Waals surface area contributed by atoms with Gasteiger partial charge in [0.2, 0.25) is 0 Å². The van der Waals surface area contributed by atoms with Gasteiger partial charge in [0.05, 0.1) is 29.8 Å². The molecule has 2 heterocycles. The number of nitrogens with zero attached hydrogens (tertiary/aromatic N) is 2. The zero-order chi connectivity index (χ0) is 19.3. The third-order valence-corrected chi connectivity index (χ3v) is 6.39. The molecular formula is C23H28N2O2S. The maximum absolute atomic E-state index is 5.97. The van der Waals surface area contributed by atoms with E-state index in [0.29, 0.717) is 5.92 Å². The van der Waals surface area contributed by atoms with Crippen LogP contribution in [0.3, 0.4) is 0 Å². The Labute approximate surface area is 171 Å². The van der Waals surface area contributed by atoms with Crippen molar-refractivity contribution >= 4 is 27.3 Å². The van der Waals surface area contributed by atoms with Crippen LogP contribution in [0.25, 0.3) is 10.1 Å². The summed E-state index contributed by atoms with van der Waals surface area (Å²) in [6.07, 6.45) is 4.40. The fraction of sp³-hybridized carbons (Fsp3) is 0.435. The first-order valence-electron chi connectivity index (χ1n) is 10.2. The molecule has 0 aliphatic carbocycles. The van der Waals surface area contributed by atoms with E-state index in [1.807, 2.05) is 6.07 Å². The highest BCUT2D eigenvalue weighted by Crippen LogP contribution is 2.41. The smallest absolute Gasteiger partial charge is 0.184 e. The quantitative estimate of drug-likeness (QED) is 0.468. The van der Waals surface area contributed by atoms with Crippen molar-refractivity contribution in [3.8, 4) is 11.5 Å². The summed E-state index contributed by atoms with van der Waals surface area (Å²) >= 11 is 1.62. The molecule has 0 unspecified atom stereocenters. The minimum atomic E-state index is 0.530. The van der Waals surface area contributed by atoms with Crippen LogP contribution in [0.15, 0.2) is 42.5 Å². The maximum Gasteiger partial charge on any atom is 0.184 e. The van der Waals surface area contributed by atoms with Crippen molar-refractivity contribution in [1.82, 2.24) is 4.37 Å². The van der Waals surface area contributed by atoms with E-state index in [4.69, 9.17) is 13.8 Å². The lowest BCUT2D eigenvalue weighted by Crippen LogP contribution is -2.33. The lowest BCUT2D eigenvalue weighted by Gasteiger charge is -2.34. The second-order valence-corrected chi connectivity index (χ2v) is 8.14. The highest BCUT2D eigenvalue weighted by Gasteiger charge is 2.26. The van der Waals surface area contributed by atoms with Gasteiger partial charge in [-0.05, 0) is 49.0 Å². The highest BCUT2D eigenvalue weighted by atomic mass is 32.1. The van der Waals surface area contributed by atoms with Crippen LogP contribution < -0.4 is 14.4 Å². The van der Waals surface area contributed by atoms with Crippen molar-refractivity contribution < 1.29 is 9.47 Å². The van der Waals surface area contributed by atoms with Gasteiger partial charge < -0.3 is 14.4 Å². The normalized spacial score (nSPS) is 15.1. The van der Waals surface area contributed by atoms with Gasteiger partial charge in [0.1, 0.15) is 0 Å². The number of benzene rings is 2. The fourth-order valence-corrected chi connectivity index (χ4v) is 4.85. The Morgan fingerprint density at radius 2 is 1.93 bits per heavy atom. The molecule has 28 heavy (non-hydrogen) atoms. The van der Waals surface area contributed by atoms with Crippen LogP contribution in [0.2, 0.25) is 0 Å². The van der Waals surface area contributed by atoms with Gasteiger partial charge in [-0.15, -0.1) is 0 Å². The highest BCUT2D eigenvalue weighted by molar-refractivity contribution is 7.13. The minimum Gasteiger partial charge on any atom is -0.491 e. The zero-order valence-electron chi connectivity index (χ0n) is 16.7. The summed E-state index contributed by atoms with van der Waals surface area (Å²) in [5.74, 6) is 2.24. The molecule has 4 nitrogen and oxygen atoms in total. The van der Waals surface area contributed by atoms with Crippen LogP contribution in [0.4, 0.5) is 5.69 Å². The molecule has 1 aromatic heterocycles. The predicted molar refractivity (Wildman–Crippen MR) is 117 cm³/mol. The van der Waals surface area contributed by atoms with Crippen molar-refractivity contribution in [3.63, 3.8) is 0 Å². The van der Waals surface area contributed by atoms with Crippen LogP contribution in [0.5, 0.6) is 11.5 Å². The van der Waals surface area contributed by atoms with Crippen molar-refractivity contribution in [2.75, 3.05) is 31.7 Å². The van der Waals surface area contributed by atoms with E-state index in [0.717, 1.165) is 62.6 Å². The summed E-state index contributed by atoms with van der Waals surface area (Å²) in [5.41, 5.74) is 2.42. The number of piperidine rings is 1. The molecule has 0 bridgehead atoms. The molecule has 2 aromatic carbocycles. The number of ether oxygens (including phenoxy) is 2. The topological polar surface area (TPSA) is 34.6 Å². The summed E-state index contributed by atoms with van der Waals surface area (Å²) in [6, 6.07) is 14.8. The molecule has 0 spiro atoms. The zero-order valence-corrected chi connectivity index (χ0v) is 17.5. The lowest BCUT2D eigenvalue weighted by molar-refractivity contribution is 0.288. The van der Waals surface area contributed by atoms with Gasteiger partial charge in [-0.1, -0.05) is 37.6 Å². The average Bonchev–Trinajstić information content (AvgIpc) is 3.18. The number of para-hydroxylation sites is 1. The van der Waals surface area contributed by atoms with E-state index in [9.17, 15) is 0 Å². The largest absolute Gasteiger partial charge is 0.491 e. The number of hydrogen-bond donors (Lipinski definition) is 0. The third kappa shape index (κ3) is 3.81. The predicted octanol–water partition coefficient (Wildman–Crippen LogP) is 5.87. The Balaban J connectivity index is 1.48. The van der Waals surface area contributed by atoms with Gasteiger partial charge in [0.15, 0.2) is 11.5 Å². The first-order valence-corrected chi connectivity index (χ1v) is 11.0. The van der Waals surface area contributed by atoms with E-state index in [-0.39, 0.29) is 0 Å². The molecule has 0 radical (unpaired) electrons. The number of fused-ring (bicyclic) bond motifs is 1.